The first-order valence-corrected chi connectivity index (χ1v) is 12.1. The highest BCUT2D eigenvalue weighted by Gasteiger charge is 2.31. The topological polar surface area (TPSA) is 67.9 Å². The molecule has 0 atom stereocenters. The lowest BCUT2D eigenvalue weighted by Gasteiger charge is -2.14. The van der Waals surface area contributed by atoms with Gasteiger partial charge in [0.15, 0.2) is 0 Å². The zero-order valence-electron chi connectivity index (χ0n) is 18.8. The van der Waals surface area contributed by atoms with Gasteiger partial charge < -0.3 is 14.8 Å². The van der Waals surface area contributed by atoms with E-state index in [9.17, 15) is 9.59 Å². The molecule has 1 heterocycles. The zero-order valence-corrected chi connectivity index (χ0v) is 20.5. The third-order valence-electron chi connectivity index (χ3n) is 5.02. The van der Waals surface area contributed by atoms with E-state index >= 15 is 0 Å². The smallest absolute Gasteiger partial charge is 0.266 e. The van der Waals surface area contributed by atoms with Gasteiger partial charge in [-0.05, 0) is 67.8 Å². The summed E-state index contributed by atoms with van der Waals surface area (Å²) in [4.78, 5) is 27.2. The number of anilines is 1. The van der Waals surface area contributed by atoms with Gasteiger partial charge in [0.2, 0.25) is 5.91 Å². The third kappa shape index (κ3) is 7.33. The van der Waals surface area contributed by atoms with Gasteiger partial charge in [-0.25, -0.2) is 0 Å². The third-order valence-corrected chi connectivity index (χ3v) is 6.40. The van der Waals surface area contributed by atoms with Crippen LogP contribution >= 0.6 is 24.0 Å². The Morgan fingerprint density at radius 2 is 1.76 bits per heavy atom. The monoisotopic (exact) mass is 484 g/mol. The summed E-state index contributed by atoms with van der Waals surface area (Å²) < 4.78 is 11.1. The van der Waals surface area contributed by atoms with Gasteiger partial charge in [0.05, 0.1) is 18.6 Å². The molecule has 1 aliphatic rings. The van der Waals surface area contributed by atoms with Crippen LogP contribution < -0.4 is 14.8 Å². The Kier molecular flexibility index (Phi) is 9.33. The van der Waals surface area contributed by atoms with Crippen molar-refractivity contribution in [1.82, 2.24) is 4.90 Å². The van der Waals surface area contributed by atoms with Crippen LogP contribution in [0.15, 0.2) is 53.4 Å². The minimum Gasteiger partial charge on any atom is -0.497 e. The molecule has 1 aliphatic heterocycles. The average molecular weight is 485 g/mol. The first-order valence-electron chi connectivity index (χ1n) is 10.9. The van der Waals surface area contributed by atoms with Crippen LogP contribution in [0.3, 0.4) is 0 Å². The Balaban J connectivity index is 1.39. The van der Waals surface area contributed by atoms with Crippen molar-refractivity contribution in [3.05, 3.63) is 59.0 Å². The van der Waals surface area contributed by atoms with Crippen molar-refractivity contribution in [2.75, 3.05) is 25.6 Å². The van der Waals surface area contributed by atoms with Gasteiger partial charge in [-0.15, -0.1) is 0 Å². The number of carbonyl (C=O) groups excluding carboxylic acids is 2. The summed E-state index contributed by atoms with van der Waals surface area (Å²) in [6.45, 7) is 3.10. The molecule has 0 aromatic heterocycles. The van der Waals surface area contributed by atoms with Gasteiger partial charge in [-0.1, -0.05) is 42.5 Å². The Hall–Kier alpha value is -2.84. The highest BCUT2D eigenvalue weighted by Crippen LogP contribution is 2.33. The van der Waals surface area contributed by atoms with Gasteiger partial charge in [0.25, 0.3) is 5.91 Å². The summed E-state index contributed by atoms with van der Waals surface area (Å²) >= 11 is 6.73. The maximum absolute atomic E-state index is 12.7. The van der Waals surface area contributed by atoms with Crippen LogP contribution in [0.25, 0.3) is 6.08 Å². The van der Waals surface area contributed by atoms with Crippen LogP contribution in [-0.4, -0.2) is 41.3 Å². The number of methoxy groups -OCH3 is 1. The van der Waals surface area contributed by atoms with Crippen molar-refractivity contribution >= 4 is 51.9 Å². The number of carbonyl (C=O) groups is 2. The van der Waals surface area contributed by atoms with E-state index in [-0.39, 0.29) is 11.8 Å². The molecule has 33 heavy (non-hydrogen) atoms. The van der Waals surface area contributed by atoms with Gasteiger partial charge in [0, 0.05) is 18.7 Å². The largest absolute Gasteiger partial charge is 0.497 e. The number of nitrogens with one attached hydrogen (secondary N) is 1. The first kappa shape index (κ1) is 24.8. The average Bonchev–Trinajstić information content (AvgIpc) is 3.08. The summed E-state index contributed by atoms with van der Waals surface area (Å²) in [5.41, 5.74) is 1.68. The number of thioether (sulfide) groups is 1. The highest BCUT2D eigenvalue weighted by molar-refractivity contribution is 8.26. The summed E-state index contributed by atoms with van der Waals surface area (Å²) in [5.74, 6) is 1.47. The molecule has 0 aliphatic carbocycles. The minimum absolute atomic E-state index is 0.0211. The lowest BCUT2D eigenvalue weighted by atomic mass is 10.1. The van der Waals surface area contributed by atoms with E-state index in [0.717, 1.165) is 42.0 Å². The Labute approximate surface area is 204 Å². The van der Waals surface area contributed by atoms with Crippen LogP contribution in [0.4, 0.5) is 5.69 Å². The fraction of sp³-hybridized carbons (Fsp3) is 0.320. The van der Waals surface area contributed by atoms with E-state index in [0.29, 0.717) is 28.8 Å². The Morgan fingerprint density at radius 1 is 1.06 bits per heavy atom. The van der Waals surface area contributed by atoms with Crippen molar-refractivity contribution < 1.29 is 19.1 Å². The number of hydrogen-bond donors (Lipinski definition) is 1. The van der Waals surface area contributed by atoms with E-state index in [1.807, 2.05) is 61.5 Å². The number of nitrogens with zero attached hydrogens (tertiary/aromatic N) is 1. The van der Waals surface area contributed by atoms with Crippen LogP contribution in [0.5, 0.6) is 11.5 Å². The molecule has 0 saturated carbocycles. The van der Waals surface area contributed by atoms with Crippen molar-refractivity contribution in [3.8, 4) is 11.5 Å². The SMILES string of the molecule is CCOc1ccc(NC(=O)CCCCCN2C(=O)/C(=C\c3ccc(OC)cc3)SC2=S)cc1. The summed E-state index contributed by atoms with van der Waals surface area (Å²) in [5, 5.41) is 2.90. The zero-order chi connectivity index (χ0) is 23.6. The molecule has 2 aromatic carbocycles. The highest BCUT2D eigenvalue weighted by atomic mass is 32.2. The van der Waals surface area contributed by atoms with Crippen LogP contribution in [-0.2, 0) is 9.59 Å². The lowest BCUT2D eigenvalue weighted by molar-refractivity contribution is -0.122. The minimum atomic E-state index is -0.0611. The van der Waals surface area contributed by atoms with Gasteiger partial charge in [0.1, 0.15) is 15.8 Å². The van der Waals surface area contributed by atoms with Gasteiger partial charge in [-0.2, -0.15) is 0 Å². The van der Waals surface area contributed by atoms with Crippen molar-refractivity contribution in [1.29, 1.82) is 0 Å². The number of amides is 2. The Morgan fingerprint density at radius 3 is 2.42 bits per heavy atom. The molecule has 0 spiro atoms. The van der Waals surface area contributed by atoms with Gasteiger partial charge in [-0.3, -0.25) is 14.5 Å². The van der Waals surface area contributed by atoms with Gasteiger partial charge >= 0.3 is 0 Å². The second-order valence-corrected chi connectivity index (χ2v) is 9.10. The number of unbranched alkanes of at least 4 members (excludes halogenated alkanes) is 2. The van der Waals surface area contributed by atoms with Crippen LogP contribution in [0.1, 0.15) is 38.2 Å². The molecule has 174 valence electrons. The first-order chi connectivity index (χ1) is 16.0. The number of hydrogen-bond acceptors (Lipinski definition) is 6. The number of thiocarbonyl (C=S) groups is 1. The van der Waals surface area contributed by atoms with Crippen molar-refractivity contribution in [2.24, 2.45) is 0 Å². The summed E-state index contributed by atoms with van der Waals surface area (Å²) in [6.07, 6.45) is 4.66. The quantitative estimate of drug-likeness (QED) is 0.258. The second kappa shape index (κ2) is 12.4. The molecule has 2 amide bonds. The molecule has 0 bridgehead atoms. The fourth-order valence-electron chi connectivity index (χ4n) is 3.30. The number of benzene rings is 2. The lowest BCUT2D eigenvalue weighted by Crippen LogP contribution is -2.29. The summed E-state index contributed by atoms with van der Waals surface area (Å²) in [6, 6.07) is 14.9. The molecule has 1 N–H and O–H groups in total. The van der Waals surface area contributed by atoms with E-state index in [1.165, 1.54) is 11.8 Å². The van der Waals surface area contributed by atoms with E-state index in [2.05, 4.69) is 5.32 Å². The van der Waals surface area contributed by atoms with E-state index in [4.69, 9.17) is 21.7 Å². The molecule has 0 unspecified atom stereocenters. The molecule has 0 radical (unpaired) electrons. The molecular weight excluding hydrogens is 456 g/mol. The number of rotatable bonds is 11. The predicted octanol–water partition coefficient (Wildman–Crippen LogP) is 5.49. The van der Waals surface area contributed by atoms with Crippen molar-refractivity contribution in [2.45, 2.75) is 32.6 Å². The fourth-order valence-corrected chi connectivity index (χ4v) is 4.61. The van der Waals surface area contributed by atoms with Crippen molar-refractivity contribution in [3.63, 3.8) is 0 Å². The predicted molar refractivity (Wildman–Crippen MR) is 138 cm³/mol. The molecule has 1 saturated heterocycles. The normalized spacial score (nSPS) is 14.6. The maximum Gasteiger partial charge on any atom is 0.266 e. The van der Waals surface area contributed by atoms with E-state index < -0.39 is 0 Å². The Bertz CT molecular complexity index is 1000. The molecule has 8 heteroatoms. The van der Waals surface area contributed by atoms with E-state index in [1.54, 1.807) is 12.0 Å². The number of ether oxygens (including phenoxy) is 2. The second-order valence-electron chi connectivity index (χ2n) is 7.42. The summed E-state index contributed by atoms with van der Waals surface area (Å²) in [7, 11) is 1.62. The van der Waals surface area contributed by atoms with Crippen LogP contribution in [0.2, 0.25) is 0 Å². The molecule has 1 fully saturated rings. The standard InChI is InChI=1S/C25H28N2O4S2/c1-3-31-21-14-10-19(11-15-21)26-23(28)7-5-4-6-16-27-24(29)22(33-25(27)32)17-18-8-12-20(30-2)13-9-18/h8-15,17H,3-7,16H2,1-2H3,(H,26,28)/b22-17+. The molecule has 6 nitrogen and oxygen atoms in total. The van der Waals surface area contributed by atoms with Crippen LogP contribution in [0, 0.1) is 0 Å². The molecule has 2 aromatic rings. The molecule has 3 rings (SSSR count). The molecular formula is C25H28N2O4S2. The maximum atomic E-state index is 12.7.